The van der Waals surface area contributed by atoms with Crippen molar-refractivity contribution in [3.05, 3.63) is 58.3 Å². The number of carbonyl (C=O) groups is 1. The first-order valence-corrected chi connectivity index (χ1v) is 7.37. The SMILES string of the molecule is Cc1cc(OCC(=O)N(C)C)cc(=O)n1[C@H](C)c1ccccn1. The van der Waals surface area contributed by atoms with E-state index in [-0.39, 0.29) is 24.1 Å². The van der Waals surface area contributed by atoms with Crippen molar-refractivity contribution < 1.29 is 9.53 Å². The highest BCUT2D eigenvalue weighted by molar-refractivity contribution is 5.77. The predicted octanol–water partition coefficient (Wildman–Crippen LogP) is 1.63. The summed E-state index contributed by atoms with van der Waals surface area (Å²) in [6.07, 6.45) is 1.70. The molecule has 0 aromatic carbocycles. The van der Waals surface area contributed by atoms with E-state index in [9.17, 15) is 9.59 Å². The molecule has 0 saturated heterocycles. The number of hydrogen-bond donors (Lipinski definition) is 0. The van der Waals surface area contributed by atoms with Gasteiger partial charge in [-0.05, 0) is 32.0 Å². The van der Waals surface area contributed by atoms with E-state index >= 15 is 0 Å². The molecule has 0 fully saturated rings. The summed E-state index contributed by atoms with van der Waals surface area (Å²) in [6.45, 7) is 3.67. The maximum Gasteiger partial charge on any atom is 0.259 e. The molecule has 2 aromatic rings. The summed E-state index contributed by atoms with van der Waals surface area (Å²) in [5.41, 5.74) is 1.38. The molecule has 2 aromatic heterocycles. The molecule has 0 saturated carbocycles. The van der Waals surface area contributed by atoms with E-state index in [4.69, 9.17) is 4.74 Å². The van der Waals surface area contributed by atoms with Gasteiger partial charge in [-0.15, -0.1) is 0 Å². The molecule has 1 amide bonds. The Kier molecular flexibility index (Phi) is 5.16. The maximum absolute atomic E-state index is 12.4. The lowest BCUT2D eigenvalue weighted by Crippen LogP contribution is -2.29. The van der Waals surface area contributed by atoms with E-state index in [1.54, 1.807) is 30.9 Å². The molecular formula is C17H21N3O3. The highest BCUT2D eigenvalue weighted by Crippen LogP contribution is 2.18. The van der Waals surface area contributed by atoms with Gasteiger partial charge >= 0.3 is 0 Å². The zero-order valence-corrected chi connectivity index (χ0v) is 13.8. The van der Waals surface area contributed by atoms with Gasteiger partial charge in [-0.3, -0.25) is 14.6 Å². The Morgan fingerprint density at radius 3 is 2.65 bits per heavy atom. The van der Waals surface area contributed by atoms with Crippen LogP contribution in [0.25, 0.3) is 0 Å². The minimum atomic E-state index is -0.185. The lowest BCUT2D eigenvalue weighted by Gasteiger charge is -2.19. The van der Waals surface area contributed by atoms with Crippen molar-refractivity contribution in [2.24, 2.45) is 0 Å². The fourth-order valence-electron chi connectivity index (χ4n) is 2.29. The second-order valence-electron chi connectivity index (χ2n) is 5.55. The van der Waals surface area contributed by atoms with Crippen LogP contribution in [0.4, 0.5) is 0 Å². The van der Waals surface area contributed by atoms with Crippen LogP contribution in [-0.2, 0) is 4.79 Å². The van der Waals surface area contributed by atoms with Gasteiger partial charge in [-0.1, -0.05) is 6.07 Å². The Labute approximate surface area is 135 Å². The van der Waals surface area contributed by atoms with Crippen LogP contribution in [0, 0.1) is 6.92 Å². The number of pyridine rings is 2. The number of hydrogen-bond acceptors (Lipinski definition) is 4. The minimum absolute atomic E-state index is 0.0916. The average molecular weight is 315 g/mol. The Bertz CT molecular complexity index is 738. The van der Waals surface area contributed by atoms with E-state index in [0.29, 0.717) is 5.75 Å². The van der Waals surface area contributed by atoms with E-state index < -0.39 is 0 Å². The van der Waals surface area contributed by atoms with Gasteiger partial charge in [-0.25, -0.2) is 0 Å². The Balaban J connectivity index is 2.24. The summed E-state index contributed by atoms with van der Waals surface area (Å²) in [5, 5.41) is 0. The molecule has 0 spiro atoms. The highest BCUT2D eigenvalue weighted by atomic mass is 16.5. The number of aryl methyl sites for hydroxylation is 1. The number of amides is 1. The molecule has 1 atom stereocenters. The fraction of sp³-hybridized carbons (Fsp3) is 0.353. The topological polar surface area (TPSA) is 64.4 Å². The predicted molar refractivity (Wildman–Crippen MR) is 87.7 cm³/mol. The number of nitrogens with zero attached hydrogens (tertiary/aromatic N) is 3. The molecular weight excluding hydrogens is 294 g/mol. The van der Waals surface area contributed by atoms with E-state index in [2.05, 4.69) is 4.98 Å². The number of aromatic nitrogens is 2. The molecule has 6 nitrogen and oxygen atoms in total. The summed E-state index contributed by atoms with van der Waals surface area (Å²) in [4.78, 5) is 29.7. The molecule has 0 unspecified atom stereocenters. The summed E-state index contributed by atoms with van der Waals surface area (Å²) in [5.74, 6) is 0.237. The van der Waals surface area contributed by atoms with Gasteiger partial charge in [-0.2, -0.15) is 0 Å². The van der Waals surface area contributed by atoms with Crippen molar-refractivity contribution in [2.45, 2.75) is 19.9 Å². The van der Waals surface area contributed by atoms with Gasteiger partial charge in [0, 0.05) is 32.1 Å². The molecule has 2 heterocycles. The van der Waals surface area contributed by atoms with E-state index in [1.807, 2.05) is 32.0 Å². The van der Waals surface area contributed by atoms with Crippen LogP contribution in [0.1, 0.15) is 24.4 Å². The van der Waals surface area contributed by atoms with Crippen LogP contribution in [0.15, 0.2) is 41.3 Å². The maximum atomic E-state index is 12.4. The number of ether oxygens (including phenoxy) is 1. The van der Waals surface area contributed by atoms with Crippen molar-refractivity contribution >= 4 is 5.91 Å². The Morgan fingerprint density at radius 2 is 2.09 bits per heavy atom. The number of rotatable bonds is 5. The van der Waals surface area contributed by atoms with Crippen LogP contribution in [-0.4, -0.2) is 41.1 Å². The van der Waals surface area contributed by atoms with Crippen LogP contribution in [0.2, 0.25) is 0 Å². The van der Waals surface area contributed by atoms with Gasteiger partial charge in [0.2, 0.25) is 0 Å². The molecule has 0 N–H and O–H groups in total. The Morgan fingerprint density at radius 1 is 1.35 bits per heavy atom. The molecule has 0 bridgehead atoms. The highest BCUT2D eigenvalue weighted by Gasteiger charge is 2.14. The van der Waals surface area contributed by atoms with Crippen molar-refractivity contribution in [3.8, 4) is 5.75 Å². The van der Waals surface area contributed by atoms with Gasteiger partial charge in [0.05, 0.1) is 11.7 Å². The van der Waals surface area contributed by atoms with Crippen LogP contribution >= 0.6 is 0 Å². The smallest absolute Gasteiger partial charge is 0.259 e. The molecule has 0 aliphatic rings. The number of likely N-dealkylation sites (N-methyl/N-ethyl adjacent to an activating group) is 1. The second-order valence-corrected chi connectivity index (χ2v) is 5.55. The first-order valence-electron chi connectivity index (χ1n) is 7.37. The normalized spacial score (nSPS) is 11.8. The second kappa shape index (κ2) is 7.09. The molecule has 0 aliphatic heterocycles. The summed E-state index contributed by atoms with van der Waals surface area (Å²) >= 11 is 0. The lowest BCUT2D eigenvalue weighted by atomic mass is 10.2. The standard InChI is InChI=1S/C17H21N3O3/c1-12-9-14(23-11-17(22)19(3)4)10-16(21)20(12)13(2)15-7-5-6-8-18-15/h5-10,13H,11H2,1-4H3/t13-/m1/s1. The monoisotopic (exact) mass is 315 g/mol. The van der Waals surface area contributed by atoms with Crippen LogP contribution in [0.3, 0.4) is 0 Å². The summed E-state index contributed by atoms with van der Waals surface area (Å²) < 4.78 is 7.07. The quantitative estimate of drug-likeness (QED) is 0.841. The van der Waals surface area contributed by atoms with Gasteiger partial charge in [0.25, 0.3) is 11.5 Å². The van der Waals surface area contributed by atoms with Crippen molar-refractivity contribution in [1.29, 1.82) is 0 Å². The molecule has 122 valence electrons. The zero-order valence-electron chi connectivity index (χ0n) is 13.8. The van der Waals surface area contributed by atoms with E-state index in [0.717, 1.165) is 11.4 Å². The minimum Gasteiger partial charge on any atom is -0.484 e. The van der Waals surface area contributed by atoms with Crippen LogP contribution in [0.5, 0.6) is 5.75 Å². The fourth-order valence-corrected chi connectivity index (χ4v) is 2.29. The molecule has 23 heavy (non-hydrogen) atoms. The molecule has 6 heteroatoms. The Hall–Kier alpha value is -2.63. The average Bonchev–Trinajstić information content (AvgIpc) is 2.52. The zero-order chi connectivity index (χ0) is 17.0. The first kappa shape index (κ1) is 16.7. The summed E-state index contributed by atoms with van der Waals surface area (Å²) in [7, 11) is 3.31. The van der Waals surface area contributed by atoms with Crippen molar-refractivity contribution in [1.82, 2.24) is 14.5 Å². The number of carbonyl (C=O) groups excluding carboxylic acids is 1. The van der Waals surface area contributed by atoms with Gasteiger partial charge < -0.3 is 14.2 Å². The third-order valence-corrected chi connectivity index (χ3v) is 3.60. The molecule has 0 radical (unpaired) electrons. The first-order chi connectivity index (χ1) is 10.9. The summed E-state index contributed by atoms with van der Waals surface area (Å²) in [6, 6.07) is 8.59. The largest absolute Gasteiger partial charge is 0.484 e. The third-order valence-electron chi connectivity index (χ3n) is 3.60. The van der Waals surface area contributed by atoms with Gasteiger partial charge in [0.15, 0.2) is 6.61 Å². The molecule has 2 rings (SSSR count). The van der Waals surface area contributed by atoms with Crippen molar-refractivity contribution in [3.63, 3.8) is 0 Å². The van der Waals surface area contributed by atoms with Crippen molar-refractivity contribution in [2.75, 3.05) is 20.7 Å². The third kappa shape index (κ3) is 3.97. The molecule has 0 aliphatic carbocycles. The van der Waals surface area contributed by atoms with Crippen LogP contribution < -0.4 is 10.3 Å². The lowest BCUT2D eigenvalue weighted by molar-refractivity contribution is -0.130. The van der Waals surface area contributed by atoms with E-state index in [1.165, 1.54) is 11.0 Å². The van der Waals surface area contributed by atoms with Gasteiger partial charge in [0.1, 0.15) is 5.75 Å².